The van der Waals surface area contributed by atoms with Gasteiger partial charge in [0.1, 0.15) is 5.75 Å². The van der Waals surface area contributed by atoms with E-state index in [-0.39, 0.29) is 5.56 Å². The van der Waals surface area contributed by atoms with Crippen LogP contribution in [0.5, 0.6) is 5.75 Å². The number of rotatable bonds is 5. The van der Waals surface area contributed by atoms with Crippen LogP contribution in [0.3, 0.4) is 0 Å². The molecule has 6 heteroatoms. The molecule has 2 rings (SSSR count). The van der Waals surface area contributed by atoms with Gasteiger partial charge in [-0.15, -0.1) is 0 Å². The molecule has 0 bridgehead atoms. The zero-order valence-corrected chi connectivity index (χ0v) is 12.7. The number of amides is 2. The summed E-state index contributed by atoms with van der Waals surface area (Å²) >= 11 is 0. The number of anilines is 1. The van der Waals surface area contributed by atoms with Crippen LogP contribution in [0.1, 0.15) is 29.3 Å². The first-order valence-corrected chi connectivity index (χ1v) is 7.24. The predicted molar refractivity (Wildman–Crippen MR) is 85.8 cm³/mol. The van der Waals surface area contributed by atoms with Crippen LogP contribution in [0.15, 0.2) is 48.5 Å². The van der Waals surface area contributed by atoms with Crippen LogP contribution >= 0.6 is 0 Å². The molecule has 0 heterocycles. The highest BCUT2D eigenvalue weighted by Crippen LogP contribution is 2.15. The van der Waals surface area contributed by atoms with Gasteiger partial charge in [0.15, 0.2) is 0 Å². The Hall–Kier alpha value is -2.86. The second-order valence-electron chi connectivity index (χ2n) is 4.93. The normalized spacial score (nSPS) is 10.0. The first-order valence-electron chi connectivity index (χ1n) is 7.24. The molecule has 0 aromatic heterocycles. The summed E-state index contributed by atoms with van der Waals surface area (Å²) in [4.78, 5) is 23.0. The van der Waals surface area contributed by atoms with Gasteiger partial charge in [-0.3, -0.25) is 15.3 Å². The van der Waals surface area contributed by atoms with Crippen molar-refractivity contribution in [1.29, 1.82) is 0 Å². The quantitative estimate of drug-likeness (QED) is 0.583. The lowest BCUT2D eigenvalue weighted by molar-refractivity contribution is 0.0706. The average molecular weight is 314 g/mol. The number of carbonyl (C=O) groups excluding carboxylic acids is 2. The Balaban J connectivity index is 1.92. The Morgan fingerprint density at radius 2 is 1.70 bits per heavy atom. The summed E-state index contributed by atoms with van der Waals surface area (Å²) < 4.78 is 5.18. The van der Waals surface area contributed by atoms with E-state index in [0.29, 0.717) is 11.4 Å². The van der Waals surface area contributed by atoms with Gasteiger partial charge in [0.25, 0.3) is 5.91 Å². The Kier molecular flexibility index (Phi) is 5.71. The van der Waals surface area contributed by atoms with Crippen molar-refractivity contribution in [2.24, 2.45) is 0 Å². The maximum absolute atomic E-state index is 11.8. The number of hydroxylamine groups is 1. The zero-order valence-electron chi connectivity index (χ0n) is 12.7. The van der Waals surface area contributed by atoms with Gasteiger partial charge in [-0.05, 0) is 48.4 Å². The Morgan fingerprint density at radius 3 is 2.26 bits per heavy atom. The number of nitrogens with one attached hydrogen (secondary N) is 2. The minimum absolute atomic E-state index is 0.276. The van der Waals surface area contributed by atoms with E-state index in [9.17, 15) is 9.59 Å². The number of ether oxygens (including phenoxy) is 1. The molecule has 0 fully saturated rings. The molecule has 0 atom stereocenters. The van der Waals surface area contributed by atoms with E-state index in [1.165, 1.54) is 35.3 Å². The Labute approximate surface area is 134 Å². The highest BCUT2D eigenvalue weighted by Gasteiger charge is 2.07. The fourth-order valence-electron chi connectivity index (χ4n) is 2.03. The molecule has 6 nitrogen and oxygen atoms in total. The van der Waals surface area contributed by atoms with Gasteiger partial charge in [-0.25, -0.2) is 10.3 Å². The number of hydrogen-bond acceptors (Lipinski definition) is 4. The molecule has 120 valence electrons. The van der Waals surface area contributed by atoms with Gasteiger partial charge in [0.05, 0.1) is 0 Å². The van der Waals surface area contributed by atoms with Crippen molar-refractivity contribution < 1.29 is 19.5 Å². The molecular weight excluding hydrogens is 296 g/mol. The van der Waals surface area contributed by atoms with Gasteiger partial charge >= 0.3 is 6.09 Å². The third-order valence-electron chi connectivity index (χ3n) is 3.17. The van der Waals surface area contributed by atoms with Crippen LogP contribution in [0.2, 0.25) is 0 Å². The molecule has 0 saturated heterocycles. The predicted octanol–water partition coefficient (Wildman–Crippen LogP) is 3.37. The van der Waals surface area contributed by atoms with Crippen LogP contribution in [0, 0.1) is 0 Å². The molecule has 2 aromatic carbocycles. The number of carbonyl (C=O) groups is 2. The van der Waals surface area contributed by atoms with E-state index in [1.807, 2.05) is 12.1 Å². The maximum Gasteiger partial charge on any atom is 0.417 e. The minimum atomic E-state index is -0.619. The van der Waals surface area contributed by atoms with Crippen molar-refractivity contribution in [2.75, 3.05) is 5.32 Å². The largest absolute Gasteiger partial charge is 0.417 e. The maximum atomic E-state index is 11.8. The molecule has 0 saturated carbocycles. The summed E-state index contributed by atoms with van der Waals surface area (Å²) in [6.07, 6.45) is 1.43. The second kappa shape index (κ2) is 7.95. The van der Waals surface area contributed by atoms with Gasteiger partial charge in [0.2, 0.25) is 0 Å². The lowest BCUT2D eigenvalue weighted by atomic mass is 10.1. The molecule has 3 N–H and O–H groups in total. The molecule has 0 unspecified atom stereocenters. The lowest BCUT2D eigenvalue weighted by Gasteiger charge is -2.08. The van der Waals surface area contributed by atoms with E-state index >= 15 is 0 Å². The Morgan fingerprint density at radius 1 is 1.04 bits per heavy atom. The van der Waals surface area contributed by atoms with Crippen molar-refractivity contribution in [3.8, 4) is 5.75 Å². The second-order valence-corrected chi connectivity index (χ2v) is 4.93. The number of hydrogen-bond donors (Lipinski definition) is 3. The van der Waals surface area contributed by atoms with E-state index in [1.54, 1.807) is 12.1 Å². The molecule has 0 radical (unpaired) electrons. The number of benzene rings is 2. The summed E-state index contributed by atoms with van der Waals surface area (Å²) in [6.45, 7) is 2.10. The smallest absolute Gasteiger partial charge is 0.410 e. The highest BCUT2D eigenvalue weighted by molar-refractivity contribution is 5.94. The van der Waals surface area contributed by atoms with Crippen molar-refractivity contribution in [3.63, 3.8) is 0 Å². The summed E-state index contributed by atoms with van der Waals surface area (Å²) in [5.41, 5.74) is 3.48. The van der Waals surface area contributed by atoms with Crippen LogP contribution in [-0.2, 0) is 6.42 Å². The molecule has 0 aliphatic heterocycles. The topological polar surface area (TPSA) is 87.7 Å². The highest BCUT2D eigenvalue weighted by atomic mass is 16.6. The van der Waals surface area contributed by atoms with Gasteiger partial charge in [-0.1, -0.05) is 25.5 Å². The van der Waals surface area contributed by atoms with Crippen molar-refractivity contribution >= 4 is 17.7 Å². The van der Waals surface area contributed by atoms with Crippen molar-refractivity contribution in [2.45, 2.75) is 19.8 Å². The van der Waals surface area contributed by atoms with E-state index < -0.39 is 12.0 Å². The lowest BCUT2D eigenvalue weighted by Crippen LogP contribution is -2.19. The fraction of sp³-hybridized carbons (Fsp3) is 0.176. The van der Waals surface area contributed by atoms with E-state index in [4.69, 9.17) is 9.94 Å². The van der Waals surface area contributed by atoms with Crippen LogP contribution in [-0.4, -0.2) is 17.2 Å². The fourth-order valence-corrected chi connectivity index (χ4v) is 2.03. The van der Waals surface area contributed by atoms with E-state index in [0.717, 1.165) is 12.8 Å². The van der Waals surface area contributed by atoms with Gasteiger partial charge < -0.3 is 4.74 Å². The molecule has 23 heavy (non-hydrogen) atoms. The first-order chi connectivity index (χ1) is 11.1. The molecule has 0 aliphatic rings. The summed E-state index contributed by atoms with van der Waals surface area (Å²) in [7, 11) is 0. The molecule has 0 spiro atoms. The number of aryl methyl sites for hydroxylation is 1. The monoisotopic (exact) mass is 314 g/mol. The van der Waals surface area contributed by atoms with Crippen LogP contribution in [0.4, 0.5) is 10.5 Å². The molecule has 2 amide bonds. The van der Waals surface area contributed by atoms with E-state index in [2.05, 4.69) is 12.2 Å². The third-order valence-corrected chi connectivity index (χ3v) is 3.17. The molecular formula is C17H18N2O4. The molecule has 2 aromatic rings. The van der Waals surface area contributed by atoms with Gasteiger partial charge in [-0.2, -0.15) is 0 Å². The summed E-state index contributed by atoms with van der Waals surface area (Å²) in [6, 6.07) is 13.4. The van der Waals surface area contributed by atoms with Crippen molar-refractivity contribution in [3.05, 3.63) is 59.7 Å². The van der Waals surface area contributed by atoms with Crippen molar-refractivity contribution in [1.82, 2.24) is 5.48 Å². The average Bonchev–Trinajstić information content (AvgIpc) is 2.57. The zero-order chi connectivity index (χ0) is 16.7. The molecule has 0 aliphatic carbocycles. The minimum Gasteiger partial charge on any atom is -0.410 e. The van der Waals surface area contributed by atoms with Crippen LogP contribution < -0.4 is 15.5 Å². The Bertz CT molecular complexity index is 666. The van der Waals surface area contributed by atoms with Crippen LogP contribution in [0.25, 0.3) is 0 Å². The van der Waals surface area contributed by atoms with Gasteiger partial charge in [0, 0.05) is 11.3 Å². The standard InChI is InChI=1S/C17H18N2O4/c1-2-3-12-4-10-15(11-5-12)23-17(21)18-14-8-6-13(7-9-14)16(20)19-22/h4-11,22H,2-3H2,1H3,(H,18,21)(H,19,20). The summed E-state index contributed by atoms with van der Waals surface area (Å²) in [5, 5.41) is 11.1. The SMILES string of the molecule is CCCc1ccc(OC(=O)Nc2ccc(C(=O)NO)cc2)cc1. The first kappa shape index (κ1) is 16.5. The third kappa shape index (κ3) is 4.82. The summed E-state index contributed by atoms with van der Waals surface area (Å²) in [5.74, 6) is -0.162.